The van der Waals surface area contributed by atoms with Gasteiger partial charge >= 0.3 is 5.97 Å². The summed E-state index contributed by atoms with van der Waals surface area (Å²) < 4.78 is 19.0. The summed E-state index contributed by atoms with van der Waals surface area (Å²) >= 11 is 5.86. The van der Waals surface area contributed by atoms with Crippen molar-refractivity contribution in [1.29, 1.82) is 0 Å². The molecule has 3 N–H and O–H groups in total. The molecule has 170 valence electrons. The van der Waals surface area contributed by atoms with Crippen molar-refractivity contribution >= 4 is 29.4 Å². The summed E-state index contributed by atoms with van der Waals surface area (Å²) in [7, 11) is 0. The monoisotopic (exact) mass is 462 g/mol. The highest BCUT2D eigenvalue weighted by molar-refractivity contribution is 6.33. The Balaban J connectivity index is 1.40. The Bertz CT molecular complexity index is 975. The van der Waals surface area contributed by atoms with E-state index in [9.17, 15) is 18.8 Å². The Kier molecular flexibility index (Phi) is 8.05. The molecule has 0 atom stereocenters. The van der Waals surface area contributed by atoms with E-state index in [2.05, 4.69) is 10.6 Å². The van der Waals surface area contributed by atoms with Crippen LogP contribution in [0.5, 0.6) is 5.75 Å². The lowest BCUT2D eigenvalue weighted by molar-refractivity contribution is -0.143. The van der Waals surface area contributed by atoms with Gasteiger partial charge in [0.2, 0.25) is 0 Å². The van der Waals surface area contributed by atoms with Gasteiger partial charge in [-0.3, -0.25) is 14.4 Å². The third kappa shape index (κ3) is 6.43. The first kappa shape index (κ1) is 23.5. The zero-order valence-corrected chi connectivity index (χ0v) is 18.0. The molecule has 9 heteroatoms. The van der Waals surface area contributed by atoms with Crippen molar-refractivity contribution in [3.05, 3.63) is 64.4 Å². The van der Waals surface area contributed by atoms with E-state index in [1.807, 2.05) is 0 Å². The zero-order valence-electron chi connectivity index (χ0n) is 17.3. The van der Waals surface area contributed by atoms with Crippen LogP contribution < -0.4 is 15.4 Å². The molecule has 2 aromatic rings. The zero-order chi connectivity index (χ0) is 23.1. The summed E-state index contributed by atoms with van der Waals surface area (Å²) in [5.74, 6) is -1.70. The standard InChI is InChI=1S/C23H24ClFN2O5/c24-20-13-16(25)5-10-19(20)22(29)27-12-11-26-21(28)14-1-6-17(7-2-14)32-18-8-3-15(4-9-18)23(30)31/h1-2,5-7,10,13,15,18H,3-4,8-9,11-12H2,(H,26,28)(H,27,29)(H,30,31)/t15-,18+. The van der Waals surface area contributed by atoms with Crippen LogP contribution in [0.1, 0.15) is 46.4 Å². The van der Waals surface area contributed by atoms with Gasteiger partial charge in [-0.15, -0.1) is 0 Å². The second-order valence-electron chi connectivity index (χ2n) is 7.59. The number of rotatable bonds is 8. The number of nitrogens with one attached hydrogen (secondary N) is 2. The largest absolute Gasteiger partial charge is 0.490 e. The summed E-state index contributed by atoms with van der Waals surface area (Å²) in [6, 6.07) is 10.2. The Morgan fingerprint density at radius 1 is 0.969 bits per heavy atom. The number of carboxylic acid groups (broad SMARTS) is 1. The number of carboxylic acids is 1. The molecule has 1 saturated carbocycles. The van der Waals surface area contributed by atoms with Gasteiger partial charge in [-0.25, -0.2) is 4.39 Å². The quantitative estimate of drug-likeness (QED) is 0.519. The lowest BCUT2D eigenvalue weighted by atomic mass is 9.87. The molecular formula is C23H24ClFN2O5. The number of aliphatic carboxylic acids is 1. The fraction of sp³-hybridized carbons (Fsp3) is 0.348. The van der Waals surface area contributed by atoms with Crippen molar-refractivity contribution in [2.75, 3.05) is 13.1 Å². The van der Waals surface area contributed by atoms with Gasteiger partial charge in [0.05, 0.1) is 22.6 Å². The molecule has 1 fully saturated rings. The van der Waals surface area contributed by atoms with Gasteiger partial charge in [0.1, 0.15) is 11.6 Å². The van der Waals surface area contributed by atoms with E-state index in [4.69, 9.17) is 21.4 Å². The van der Waals surface area contributed by atoms with Crippen LogP contribution >= 0.6 is 11.6 Å². The summed E-state index contributed by atoms with van der Waals surface area (Å²) in [4.78, 5) is 35.4. The van der Waals surface area contributed by atoms with Gasteiger partial charge in [0.25, 0.3) is 11.8 Å². The minimum atomic E-state index is -0.752. The van der Waals surface area contributed by atoms with E-state index in [1.54, 1.807) is 24.3 Å². The highest BCUT2D eigenvalue weighted by atomic mass is 35.5. The van der Waals surface area contributed by atoms with E-state index in [0.717, 1.165) is 12.1 Å². The Hall–Kier alpha value is -3.13. The van der Waals surface area contributed by atoms with E-state index >= 15 is 0 Å². The summed E-state index contributed by atoms with van der Waals surface area (Å²) in [6.07, 6.45) is 2.56. The van der Waals surface area contributed by atoms with Crippen molar-refractivity contribution in [1.82, 2.24) is 10.6 Å². The maximum atomic E-state index is 13.1. The smallest absolute Gasteiger partial charge is 0.306 e. The molecule has 7 nitrogen and oxygen atoms in total. The second kappa shape index (κ2) is 10.9. The lowest BCUT2D eigenvalue weighted by Gasteiger charge is -2.26. The fourth-order valence-corrected chi connectivity index (χ4v) is 3.78. The summed E-state index contributed by atoms with van der Waals surface area (Å²) in [6.45, 7) is 0.382. The Morgan fingerprint density at radius 3 is 2.19 bits per heavy atom. The minimum Gasteiger partial charge on any atom is -0.490 e. The first-order valence-corrected chi connectivity index (χ1v) is 10.7. The molecule has 0 saturated heterocycles. The molecule has 1 aliphatic carbocycles. The Morgan fingerprint density at radius 2 is 1.59 bits per heavy atom. The molecule has 2 aromatic carbocycles. The first-order valence-electron chi connectivity index (χ1n) is 10.3. The molecular weight excluding hydrogens is 439 g/mol. The van der Waals surface area contributed by atoms with Gasteiger partial charge in [-0.1, -0.05) is 11.6 Å². The van der Waals surface area contributed by atoms with Gasteiger partial charge in [-0.2, -0.15) is 0 Å². The van der Waals surface area contributed by atoms with Crippen molar-refractivity contribution in [2.45, 2.75) is 31.8 Å². The first-order chi connectivity index (χ1) is 15.3. The Labute approximate surface area is 189 Å². The average Bonchev–Trinajstić information content (AvgIpc) is 2.77. The fourth-order valence-electron chi connectivity index (χ4n) is 3.53. The molecule has 0 radical (unpaired) electrons. The third-order valence-electron chi connectivity index (χ3n) is 5.31. The second-order valence-corrected chi connectivity index (χ2v) is 8.00. The molecule has 32 heavy (non-hydrogen) atoms. The van der Waals surface area contributed by atoms with Crippen LogP contribution in [0.2, 0.25) is 5.02 Å². The highest BCUT2D eigenvalue weighted by Gasteiger charge is 2.26. The maximum Gasteiger partial charge on any atom is 0.306 e. The van der Waals surface area contributed by atoms with Gasteiger partial charge in [0, 0.05) is 18.7 Å². The van der Waals surface area contributed by atoms with Crippen LogP contribution in [0.15, 0.2) is 42.5 Å². The number of ether oxygens (including phenoxy) is 1. The molecule has 0 unspecified atom stereocenters. The molecule has 3 rings (SSSR count). The number of hydrogen-bond acceptors (Lipinski definition) is 4. The molecule has 2 amide bonds. The SMILES string of the molecule is O=C(NCCNC(=O)c1ccc(F)cc1Cl)c1ccc(O[C@H]2CC[C@@H](C(=O)O)CC2)cc1. The van der Waals surface area contributed by atoms with Gasteiger partial charge < -0.3 is 20.5 Å². The van der Waals surface area contributed by atoms with Crippen molar-refractivity contribution in [3.8, 4) is 5.75 Å². The van der Waals surface area contributed by atoms with E-state index in [-0.39, 0.29) is 41.6 Å². The lowest BCUT2D eigenvalue weighted by Crippen LogP contribution is -2.34. The highest BCUT2D eigenvalue weighted by Crippen LogP contribution is 2.28. The molecule has 0 aliphatic heterocycles. The topological polar surface area (TPSA) is 105 Å². The summed E-state index contributed by atoms with van der Waals surface area (Å²) in [5.41, 5.74) is 0.603. The van der Waals surface area contributed by atoms with Crippen molar-refractivity contribution in [2.24, 2.45) is 5.92 Å². The van der Waals surface area contributed by atoms with Crippen molar-refractivity contribution in [3.63, 3.8) is 0 Å². The molecule has 1 aliphatic rings. The van der Waals surface area contributed by atoms with Gasteiger partial charge in [-0.05, 0) is 68.1 Å². The van der Waals surface area contributed by atoms with Crippen LogP contribution in [0.3, 0.4) is 0 Å². The third-order valence-corrected chi connectivity index (χ3v) is 5.63. The molecule has 0 heterocycles. The maximum absolute atomic E-state index is 13.1. The molecule has 0 aromatic heterocycles. The minimum absolute atomic E-state index is 0.0174. The number of amides is 2. The predicted octanol–water partition coefficient (Wildman–Crippen LogP) is 3.66. The molecule has 0 bridgehead atoms. The van der Waals surface area contributed by atoms with Gasteiger partial charge in [0.15, 0.2) is 0 Å². The van der Waals surface area contributed by atoms with Crippen LogP contribution in [-0.4, -0.2) is 42.1 Å². The van der Waals surface area contributed by atoms with E-state index < -0.39 is 17.7 Å². The predicted molar refractivity (Wildman–Crippen MR) is 117 cm³/mol. The number of halogens is 2. The van der Waals surface area contributed by atoms with Crippen LogP contribution in [0, 0.1) is 11.7 Å². The molecule has 0 spiro atoms. The van der Waals surface area contributed by atoms with Crippen LogP contribution in [0.4, 0.5) is 4.39 Å². The van der Waals surface area contributed by atoms with Crippen LogP contribution in [0.25, 0.3) is 0 Å². The number of carbonyl (C=O) groups is 3. The summed E-state index contributed by atoms with van der Waals surface area (Å²) in [5, 5.41) is 14.4. The van der Waals surface area contributed by atoms with E-state index in [1.165, 1.54) is 6.07 Å². The van der Waals surface area contributed by atoms with Crippen LogP contribution in [-0.2, 0) is 4.79 Å². The normalized spacial score (nSPS) is 17.9. The van der Waals surface area contributed by atoms with Crippen molar-refractivity contribution < 1.29 is 28.6 Å². The number of hydrogen-bond donors (Lipinski definition) is 3. The average molecular weight is 463 g/mol. The number of benzene rings is 2. The number of carbonyl (C=O) groups excluding carboxylic acids is 2. The van der Waals surface area contributed by atoms with E-state index in [0.29, 0.717) is 37.0 Å².